The highest BCUT2D eigenvalue weighted by Crippen LogP contribution is 2.29. The molecule has 0 unspecified atom stereocenters. The molecule has 0 bridgehead atoms. The van der Waals surface area contributed by atoms with Crippen molar-refractivity contribution < 1.29 is 4.79 Å². The predicted molar refractivity (Wildman–Crippen MR) is 126 cm³/mol. The predicted octanol–water partition coefficient (Wildman–Crippen LogP) is 2.54. The Hall–Kier alpha value is -3.42. The van der Waals surface area contributed by atoms with E-state index in [0.717, 1.165) is 35.0 Å². The van der Waals surface area contributed by atoms with E-state index in [2.05, 4.69) is 32.2 Å². The van der Waals surface area contributed by atoms with Crippen LogP contribution in [0.25, 0.3) is 6.08 Å². The van der Waals surface area contributed by atoms with Gasteiger partial charge in [-0.3, -0.25) is 14.8 Å². The Morgan fingerprint density at radius 3 is 2.66 bits per heavy atom. The number of anilines is 3. The highest BCUT2D eigenvalue weighted by molar-refractivity contribution is 5.97. The number of rotatable bonds is 12. The summed E-state index contributed by atoms with van der Waals surface area (Å²) in [5.41, 5.74) is 2.66. The molecule has 0 fully saturated rings. The molecule has 1 aromatic rings. The van der Waals surface area contributed by atoms with E-state index in [1.54, 1.807) is 33.6 Å². The Morgan fingerprint density at radius 1 is 1.31 bits per heavy atom. The van der Waals surface area contributed by atoms with Crippen LogP contribution in [0.2, 0.25) is 0 Å². The third-order valence-corrected chi connectivity index (χ3v) is 3.97. The van der Waals surface area contributed by atoms with Crippen molar-refractivity contribution in [3.8, 4) is 0 Å². The zero-order chi connectivity index (χ0) is 21.6. The van der Waals surface area contributed by atoms with Gasteiger partial charge in [0.1, 0.15) is 11.6 Å². The number of aromatic nitrogens is 1. The highest BCUT2D eigenvalue weighted by Gasteiger charge is 2.12. The van der Waals surface area contributed by atoms with Crippen molar-refractivity contribution in [3.63, 3.8) is 0 Å². The lowest BCUT2D eigenvalue weighted by Crippen LogP contribution is -2.23. The summed E-state index contributed by atoms with van der Waals surface area (Å²) < 4.78 is 0. The second-order valence-electron chi connectivity index (χ2n) is 6.13. The van der Waals surface area contributed by atoms with Crippen LogP contribution in [0.3, 0.4) is 0 Å². The zero-order valence-corrected chi connectivity index (χ0v) is 17.9. The highest BCUT2D eigenvalue weighted by atomic mass is 16.1. The molecule has 0 aromatic carbocycles. The Morgan fingerprint density at radius 2 is 2.07 bits per heavy atom. The van der Waals surface area contributed by atoms with Gasteiger partial charge in [0.25, 0.3) is 0 Å². The van der Waals surface area contributed by atoms with E-state index in [4.69, 9.17) is 0 Å². The molecule has 1 amide bonds. The van der Waals surface area contributed by atoms with Crippen molar-refractivity contribution in [3.05, 3.63) is 42.5 Å². The molecule has 0 aliphatic carbocycles. The van der Waals surface area contributed by atoms with Crippen LogP contribution >= 0.6 is 0 Å². The summed E-state index contributed by atoms with van der Waals surface area (Å²) >= 11 is 0. The molecule has 29 heavy (non-hydrogen) atoms. The fraction of sp³-hybridized carbons (Fsp3) is 0.333. The standard InChI is InChI=1S/C21H31N7O/c1-7-18-19(28(6)15-22-2)13-20(24-4)26-21(18)25-12-10-8-9-11-17(23-3)14-27(5)16-29/h7-11,13,15-16H,1,12,14H2,2-6H3,(H2,24,25,26)/b10-8+,11-9-,22-15?,23-17?. The fourth-order valence-corrected chi connectivity index (χ4v) is 2.49. The van der Waals surface area contributed by atoms with Crippen molar-refractivity contribution in [2.45, 2.75) is 0 Å². The normalized spacial score (nSPS) is 12.0. The van der Waals surface area contributed by atoms with Crippen molar-refractivity contribution >= 4 is 41.9 Å². The molecule has 1 heterocycles. The van der Waals surface area contributed by atoms with E-state index in [-0.39, 0.29) is 0 Å². The molecule has 1 rings (SSSR count). The van der Waals surface area contributed by atoms with Gasteiger partial charge in [-0.1, -0.05) is 30.9 Å². The number of carbonyl (C=O) groups is 1. The third kappa shape index (κ3) is 7.61. The first-order chi connectivity index (χ1) is 14.0. The average molecular weight is 398 g/mol. The van der Waals surface area contributed by atoms with Gasteiger partial charge in [-0.2, -0.15) is 0 Å². The minimum Gasteiger partial charge on any atom is -0.373 e. The first-order valence-corrected chi connectivity index (χ1v) is 9.19. The largest absolute Gasteiger partial charge is 0.373 e. The van der Waals surface area contributed by atoms with Gasteiger partial charge in [0.05, 0.1) is 24.3 Å². The first kappa shape index (κ1) is 23.6. The van der Waals surface area contributed by atoms with Gasteiger partial charge in [-0.15, -0.1) is 0 Å². The number of nitrogens with zero attached hydrogens (tertiary/aromatic N) is 5. The zero-order valence-electron chi connectivity index (χ0n) is 17.9. The maximum absolute atomic E-state index is 10.7. The number of amides is 1. The van der Waals surface area contributed by atoms with Crippen molar-refractivity contribution in [2.75, 3.05) is 63.9 Å². The van der Waals surface area contributed by atoms with Gasteiger partial charge in [0.2, 0.25) is 6.41 Å². The number of pyridine rings is 1. The van der Waals surface area contributed by atoms with E-state index in [0.29, 0.717) is 13.1 Å². The molecular weight excluding hydrogens is 366 g/mol. The van der Waals surface area contributed by atoms with E-state index in [9.17, 15) is 4.79 Å². The minimum atomic E-state index is 0.476. The van der Waals surface area contributed by atoms with E-state index >= 15 is 0 Å². The van der Waals surface area contributed by atoms with Crippen LogP contribution in [0.1, 0.15) is 5.56 Å². The molecule has 2 N–H and O–H groups in total. The van der Waals surface area contributed by atoms with Crippen LogP contribution in [0.15, 0.2) is 46.9 Å². The maximum Gasteiger partial charge on any atom is 0.209 e. The Kier molecular flexibility index (Phi) is 10.5. The molecule has 156 valence electrons. The maximum atomic E-state index is 10.7. The lowest BCUT2D eigenvalue weighted by atomic mass is 10.2. The van der Waals surface area contributed by atoms with Gasteiger partial charge < -0.3 is 20.4 Å². The smallest absolute Gasteiger partial charge is 0.209 e. The quantitative estimate of drug-likeness (QED) is 0.245. The van der Waals surface area contributed by atoms with Gasteiger partial charge in [-0.25, -0.2) is 4.98 Å². The summed E-state index contributed by atoms with van der Waals surface area (Å²) in [4.78, 5) is 27.0. The van der Waals surface area contributed by atoms with Crippen LogP contribution in [0.4, 0.5) is 17.3 Å². The van der Waals surface area contributed by atoms with Gasteiger partial charge in [0.15, 0.2) is 0 Å². The van der Waals surface area contributed by atoms with Crippen molar-refractivity contribution in [1.82, 2.24) is 9.88 Å². The van der Waals surface area contributed by atoms with Gasteiger partial charge >= 0.3 is 0 Å². The number of hydrogen-bond donors (Lipinski definition) is 2. The summed E-state index contributed by atoms with van der Waals surface area (Å²) in [7, 11) is 8.91. The SMILES string of the molecule is C=Cc1c(N(C)C=NC)cc(NC)nc1NC/C=C/C=C\C(CN(C)C=O)=NC. The molecular formula is C21H31N7O. The van der Waals surface area contributed by atoms with Gasteiger partial charge in [0, 0.05) is 53.4 Å². The average Bonchev–Trinajstić information content (AvgIpc) is 2.74. The molecule has 0 saturated heterocycles. The molecule has 0 radical (unpaired) electrons. The van der Waals surface area contributed by atoms with Crippen LogP contribution in [0.5, 0.6) is 0 Å². The number of nitrogens with one attached hydrogen (secondary N) is 2. The van der Waals surface area contributed by atoms with Crippen LogP contribution < -0.4 is 15.5 Å². The molecule has 8 heteroatoms. The first-order valence-electron chi connectivity index (χ1n) is 9.19. The summed E-state index contributed by atoms with van der Waals surface area (Å²) in [6.45, 7) is 4.99. The number of hydrogen-bond acceptors (Lipinski definition) is 6. The van der Waals surface area contributed by atoms with Crippen LogP contribution in [-0.2, 0) is 4.79 Å². The van der Waals surface area contributed by atoms with Crippen LogP contribution in [0, 0.1) is 0 Å². The second kappa shape index (κ2) is 12.9. The summed E-state index contributed by atoms with van der Waals surface area (Å²) in [6, 6.07) is 1.95. The minimum absolute atomic E-state index is 0.476. The third-order valence-electron chi connectivity index (χ3n) is 3.97. The lowest BCUT2D eigenvalue weighted by Gasteiger charge is -2.20. The lowest BCUT2D eigenvalue weighted by molar-refractivity contribution is -0.116. The van der Waals surface area contributed by atoms with Crippen LogP contribution in [-0.4, -0.2) is 76.7 Å². The molecule has 0 spiro atoms. The van der Waals surface area contributed by atoms with E-state index < -0.39 is 0 Å². The second-order valence-corrected chi connectivity index (χ2v) is 6.13. The summed E-state index contributed by atoms with van der Waals surface area (Å²) in [6.07, 6.45) is 12.0. The van der Waals surface area contributed by atoms with Crippen molar-refractivity contribution in [2.24, 2.45) is 9.98 Å². The summed E-state index contributed by atoms with van der Waals surface area (Å²) in [5.74, 6) is 1.48. The Bertz CT molecular complexity index is 796. The summed E-state index contributed by atoms with van der Waals surface area (Å²) in [5, 5.41) is 6.40. The molecule has 0 atom stereocenters. The fourth-order valence-electron chi connectivity index (χ4n) is 2.49. The number of aliphatic imine (C=N–C) groups is 2. The van der Waals surface area contributed by atoms with E-state index in [1.807, 2.05) is 49.4 Å². The Balaban J connectivity index is 2.86. The Labute approximate surface area is 173 Å². The molecule has 8 nitrogen and oxygen atoms in total. The van der Waals surface area contributed by atoms with Crippen molar-refractivity contribution in [1.29, 1.82) is 0 Å². The molecule has 1 aromatic heterocycles. The number of carbonyl (C=O) groups excluding carboxylic acids is 1. The molecule has 0 aliphatic rings. The molecule has 0 aliphatic heterocycles. The van der Waals surface area contributed by atoms with Gasteiger partial charge in [-0.05, 0) is 6.08 Å². The molecule has 0 saturated carbocycles. The van der Waals surface area contributed by atoms with E-state index in [1.165, 1.54) is 4.90 Å². The number of allylic oxidation sites excluding steroid dienone is 2. The topological polar surface area (TPSA) is 85.2 Å². The monoisotopic (exact) mass is 397 g/mol.